The number of nitrogens with one attached hydrogen (secondary N) is 1. The molecule has 2 heterocycles. The highest BCUT2D eigenvalue weighted by Crippen LogP contribution is 2.22. The Kier molecular flexibility index (Phi) is 7.67. The molecular formula is C20H30N4O. The summed E-state index contributed by atoms with van der Waals surface area (Å²) in [6.07, 6.45) is 14.8. The zero-order chi connectivity index (χ0) is 18.1. The number of piperidine rings is 1. The van der Waals surface area contributed by atoms with E-state index in [1.807, 2.05) is 61.1 Å². The Morgan fingerprint density at radius 3 is 2.68 bits per heavy atom. The quantitative estimate of drug-likeness (QED) is 0.612. The van der Waals surface area contributed by atoms with Crippen LogP contribution in [0.2, 0.25) is 0 Å². The number of carbonyl (C=O) groups is 1. The van der Waals surface area contributed by atoms with Crippen LogP contribution in [-0.4, -0.2) is 47.3 Å². The molecule has 1 aromatic heterocycles. The van der Waals surface area contributed by atoms with Crippen molar-refractivity contribution in [3.8, 4) is 0 Å². The van der Waals surface area contributed by atoms with Crippen LogP contribution >= 0.6 is 0 Å². The Hall–Kier alpha value is -2.14. The van der Waals surface area contributed by atoms with E-state index in [2.05, 4.69) is 22.6 Å². The Labute approximate surface area is 151 Å². The zero-order valence-electron chi connectivity index (χ0n) is 15.6. The molecule has 0 unspecified atom stereocenters. The third-order valence-corrected chi connectivity index (χ3v) is 4.58. The van der Waals surface area contributed by atoms with Gasteiger partial charge >= 0.3 is 0 Å². The van der Waals surface area contributed by atoms with Crippen molar-refractivity contribution in [2.45, 2.75) is 39.2 Å². The lowest BCUT2D eigenvalue weighted by molar-refractivity contribution is -0.128. The number of aromatic nitrogens is 2. The molecule has 0 saturated carbocycles. The molecule has 5 heteroatoms. The van der Waals surface area contributed by atoms with Crippen LogP contribution in [0.4, 0.5) is 0 Å². The van der Waals surface area contributed by atoms with Crippen LogP contribution in [0.25, 0.3) is 0 Å². The van der Waals surface area contributed by atoms with Crippen molar-refractivity contribution >= 4 is 5.91 Å². The lowest BCUT2D eigenvalue weighted by Crippen LogP contribution is -2.39. The number of nitrogens with zero attached hydrogens (tertiary/aromatic N) is 3. The maximum atomic E-state index is 12.7. The molecule has 1 saturated heterocycles. The molecule has 0 aromatic carbocycles. The third kappa shape index (κ3) is 5.71. The van der Waals surface area contributed by atoms with Gasteiger partial charge < -0.3 is 10.2 Å². The normalized spacial score (nSPS) is 17.5. The van der Waals surface area contributed by atoms with Gasteiger partial charge in [0.1, 0.15) is 0 Å². The fraction of sp³-hybridized carbons (Fsp3) is 0.500. The van der Waals surface area contributed by atoms with E-state index in [0.29, 0.717) is 6.04 Å². The second-order valence-electron chi connectivity index (χ2n) is 6.45. The summed E-state index contributed by atoms with van der Waals surface area (Å²) in [6.45, 7) is 6.43. The summed E-state index contributed by atoms with van der Waals surface area (Å²) in [7, 11) is 1.95. The summed E-state index contributed by atoms with van der Waals surface area (Å²) in [5, 5.41) is 7.47. The van der Waals surface area contributed by atoms with Crippen molar-refractivity contribution in [2.24, 2.45) is 0 Å². The maximum absolute atomic E-state index is 12.7. The second-order valence-corrected chi connectivity index (χ2v) is 6.45. The minimum absolute atomic E-state index is 0.142. The Morgan fingerprint density at radius 2 is 2.08 bits per heavy atom. The smallest absolute Gasteiger partial charge is 0.249 e. The third-order valence-electron chi connectivity index (χ3n) is 4.58. The molecule has 1 aliphatic rings. The minimum Gasteiger partial charge on any atom is -0.339 e. The fourth-order valence-electron chi connectivity index (χ4n) is 3.09. The number of rotatable bonds is 7. The van der Waals surface area contributed by atoms with Crippen molar-refractivity contribution < 1.29 is 4.79 Å². The summed E-state index contributed by atoms with van der Waals surface area (Å²) in [5.41, 5.74) is 2.02. The lowest BCUT2D eigenvalue weighted by atomic mass is 10.0. The summed E-state index contributed by atoms with van der Waals surface area (Å²) >= 11 is 0. The average molecular weight is 342 g/mol. The predicted molar refractivity (Wildman–Crippen MR) is 102 cm³/mol. The number of amides is 1. The molecule has 1 aliphatic heterocycles. The molecule has 0 bridgehead atoms. The lowest BCUT2D eigenvalue weighted by Gasteiger charge is -2.32. The standard InChI is InChI=1S/C20H30N4O/c1-4-6-18(9-13-21-3)8-7-17(2)20(25)23-15-10-19(11-16-23)24-14-5-12-22-24/h4-8,12,14,19,21H,9-11,13,15-16H2,1-3H3/b6-4-,17-7+,18-8+. The largest absolute Gasteiger partial charge is 0.339 e. The van der Waals surface area contributed by atoms with Gasteiger partial charge in [0.15, 0.2) is 0 Å². The van der Waals surface area contributed by atoms with E-state index in [1.165, 1.54) is 5.57 Å². The predicted octanol–water partition coefficient (Wildman–Crippen LogP) is 3.10. The number of carbonyl (C=O) groups excluding carboxylic acids is 1. The van der Waals surface area contributed by atoms with Crippen molar-refractivity contribution in [3.63, 3.8) is 0 Å². The van der Waals surface area contributed by atoms with Gasteiger partial charge in [-0.25, -0.2) is 0 Å². The van der Waals surface area contributed by atoms with E-state index in [4.69, 9.17) is 0 Å². The first kappa shape index (κ1) is 19.2. The van der Waals surface area contributed by atoms with Crippen molar-refractivity contribution in [1.29, 1.82) is 0 Å². The summed E-state index contributed by atoms with van der Waals surface area (Å²) in [6, 6.07) is 2.36. The first-order chi connectivity index (χ1) is 12.2. The maximum Gasteiger partial charge on any atom is 0.249 e. The molecular weight excluding hydrogens is 312 g/mol. The topological polar surface area (TPSA) is 50.2 Å². The van der Waals surface area contributed by atoms with E-state index < -0.39 is 0 Å². The van der Waals surface area contributed by atoms with Crippen LogP contribution in [-0.2, 0) is 4.79 Å². The molecule has 0 spiro atoms. The van der Waals surface area contributed by atoms with Gasteiger partial charge in [-0.05, 0) is 58.3 Å². The second kappa shape index (κ2) is 9.99. The molecule has 25 heavy (non-hydrogen) atoms. The van der Waals surface area contributed by atoms with E-state index in [9.17, 15) is 4.79 Å². The van der Waals surface area contributed by atoms with Crippen LogP contribution < -0.4 is 5.32 Å². The molecule has 1 aromatic rings. The highest BCUT2D eigenvalue weighted by Gasteiger charge is 2.24. The van der Waals surface area contributed by atoms with Crippen molar-refractivity contribution in [3.05, 3.63) is 53.9 Å². The molecule has 0 aliphatic carbocycles. The van der Waals surface area contributed by atoms with Gasteiger partial charge in [-0.15, -0.1) is 0 Å². The molecule has 2 rings (SSSR count). The molecule has 0 radical (unpaired) electrons. The molecule has 0 atom stereocenters. The van der Waals surface area contributed by atoms with Gasteiger partial charge in [0.2, 0.25) is 5.91 Å². The molecule has 1 N–H and O–H groups in total. The Balaban J connectivity index is 1.93. The van der Waals surface area contributed by atoms with E-state index in [-0.39, 0.29) is 5.91 Å². The molecule has 1 amide bonds. The Morgan fingerprint density at radius 1 is 1.32 bits per heavy atom. The van der Waals surface area contributed by atoms with Gasteiger partial charge in [-0.3, -0.25) is 9.48 Å². The first-order valence-electron chi connectivity index (χ1n) is 9.09. The summed E-state index contributed by atoms with van der Waals surface area (Å²) < 4.78 is 2.01. The number of hydrogen-bond acceptors (Lipinski definition) is 3. The number of likely N-dealkylation sites (tertiary alicyclic amines) is 1. The van der Waals surface area contributed by atoms with Crippen LogP contribution in [0.5, 0.6) is 0 Å². The molecule has 1 fully saturated rings. The van der Waals surface area contributed by atoms with Crippen LogP contribution in [0.3, 0.4) is 0 Å². The zero-order valence-corrected chi connectivity index (χ0v) is 15.6. The molecule has 5 nitrogen and oxygen atoms in total. The number of hydrogen-bond donors (Lipinski definition) is 1. The first-order valence-corrected chi connectivity index (χ1v) is 9.09. The van der Waals surface area contributed by atoms with E-state index in [0.717, 1.165) is 44.5 Å². The number of allylic oxidation sites excluding steroid dienone is 4. The average Bonchev–Trinajstić information content (AvgIpc) is 3.18. The van der Waals surface area contributed by atoms with Crippen LogP contribution in [0.15, 0.2) is 53.9 Å². The van der Waals surface area contributed by atoms with Crippen LogP contribution in [0.1, 0.15) is 39.2 Å². The van der Waals surface area contributed by atoms with Gasteiger partial charge in [0.05, 0.1) is 6.04 Å². The Bertz CT molecular complexity index is 620. The molecule has 136 valence electrons. The van der Waals surface area contributed by atoms with Gasteiger partial charge in [0, 0.05) is 31.1 Å². The van der Waals surface area contributed by atoms with Crippen molar-refractivity contribution in [1.82, 2.24) is 20.0 Å². The van der Waals surface area contributed by atoms with Crippen molar-refractivity contribution in [2.75, 3.05) is 26.7 Å². The van der Waals surface area contributed by atoms with E-state index in [1.54, 1.807) is 0 Å². The monoisotopic (exact) mass is 342 g/mol. The minimum atomic E-state index is 0.142. The van der Waals surface area contributed by atoms with Gasteiger partial charge in [-0.2, -0.15) is 5.10 Å². The SMILES string of the molecule is C\C=C/C(=C\C=C(/C)C(=O)N1CCC(n2cccn2)CC1)CCNC. The fourth-order valence-corrected chi connectivity index (χ4v) is 3.09. The highest BCUT2D eigenvalue weighted by atomic mass is 16.2. The highest BCUT2D eigenvalue weighted by molar-refractivity contribution is 5.93. The van der Waals surface area contributed by atoms with E-state index >= 15 is 0 Å². The van der Waals surface area contributed by atoms with Gasteiger partial charge in [0.25, 0.3) is 0 Å². The van der Waals surface area contributed by atoms with Gasteiger partial charge in [-0.1, -0.05) is 24.3 Å². The van der Waals surface area contributed by atoms with Crippen LogP contribution in [0, 0.1) is 0 Å². The summed E-state index contributed by atoms with van der Waals surface area (Å²) in [4.78, 5) is 14.6. The summed E-state index contributed by atoms with van der Waals surface area (Å²) in [5.74, 6) is 0.142.